The molecule has 1 N–H and O–H groups in total. The molecule has 112 valence electrons. The fraction of sp³-hybridized carbons (Fsp3) is 0.316. The third kappa shape index (κ3) is 2.13. The van der Waals surface area contributed by atoms with Gasteiger partial charge in [-0.3, -0.25) is 4.79 Å². The summed E-state index contributed by atoms with van der Waals surface area (Å²) in [7, 11) is 1.93. The normalized spacial score (nSPS) is 18.9. The molecule has 3 heteroatoms. The maximum absolute atomic E-state index is 12.8. The van der Waals surface area contributed by atoms with Crippen molar-refractivity contribution in [1.29, 1.82) is 0 Å². The largest absolute Gasteiger partial charge is 0.335 e. The average molecular weight is 292 g/mol. The van der Waals surface area contributed by atoms with Crippen LogP contribution in [0.2, 0.25) is 0 Å². The van der Waals surface area contributed by atoms with Crippen LogP contribution in [-0.4, -0.2) is 17.9 Å². The first-order valence-corrected chi connectivity index (χ1v) is 7.91. The molecule has 1 aliphatic heterocycles. The Bertz CT molecular complexity index is 738. The average Bonchev–Trinajstić information content (AvgIpc) is 3.19. The molecule has 4 rings (SSSR count). The molecule has 2 aromatic carbocycles. The van der Waals surface area contributed by atoms with Crippen LogP contribution in [0.5, 0.6) is 0 Å². The van der Waals surface area contributed by atoms with E-state index in [4.69, 9.17) is 0 Å². The van der Waals surface area contributed by atoms with Crippen LogP contribution in [0, 0.1) is 0 Å². The number of aryl methyl sites for hydroxylation is 1. The van der Waals surface area contributed by atoms with Gasteiger partial charge in [0.25, 0.3) is 5.91 Å². The summed E-state index contributed by atoms with van der Waals surface area (Å²) in [6.45, 7) is 1.78. The fourth-order valence-electron chi connectivity index (χ4n) is 3.71. The van der Waals surface area contributed by atoms with Gasteiger partial charge in [0.05, 0.1) is 6.04 Å². The van der Waals surface area contributed by atoms with E-state index >= 15 is 0 Å². The van der Waals surface area contributed by atoms with Gasteiger partial charge < -0.3 is 10.2 Å². The molecule has 2 aromatic rings. The van der Waals surface area contributed by atoms with Gasteiger partial charge in [-0.05, 0) is 47.2 Å². The maximum atomic E-state index is 12.8. The molecule has 2 aliphatic rings. The third-order valence-corrected chi connectivity index (χ3v) is 4.97. The highest BCUT2D eigenvalue weighted by Crippen LogP contribution is 2.35. The lowest BCUT2D eigenvalue weighted by molar-refractivity contribution is 0.0730. The Labute approximate surface area is 131 Å². The van der Waals surface area contributed by atoms with E-state index in [0.717, 1.165) is 31.5 Å². The molecule has 0 saturated heterocycles. The van der Waals surface area contributed by atoms with E-state index < -0.39 is 0 Å². The van der Waals surface area contributed by atoms with E-state index in [0.29, 0.717) is 0 Å². The van der Waals surface area contributed by atoms with Crippen LogP contribution in [-0.2, 0) is 19.5 Å². The minimum atomic E-state index is 0.122. The molecule has 3 nitrogen and oxygen atoms in total. The minimum Gasteiger partial charge on any atom is -0.335 e. The molecular weight excluding hydrogens is 272 g/mol. The van der Waals surface area contributed by atoms with Gasteiger partial charge in [0.1, 0.15) is 0 Å². The zero-order valence-corrected chi connectivity index (χ0v) is 12.8. The van der Waals surface area contributed by atoms with Crippen LogP contribution in [0.3, 0.4) is 0 Å². The number of nitrogens with one attached hydrogen (secondary N) is 1. The Morgan fingerprint density at radius 1 is 1.09 bits per heavy atom. The molecule has 0 radical (unpaired) electrons. The Morgan fingerprint density at radius 3 is 2.82 bits per heavy atom. The summed E-state index contributed by atoms with van der Waals surface area (Å²) >= 11 is 0. The van der Waals surface area contributed by atoms with Crippen molar-refractivity contribution in [2.45, 2.75) is 32.0 Å². The van der Waals surface area contributed by atoms with Crippen LogP contribution >= 0.6 is 0 Å². The van der Waals surface area contributed by atoms with E-state index in [1.807, 2.05) is 18.0 Å². The van der Waals surface area contributed by atoms with Crippen LogP contribution < -0.4 is 5.32 Å². The van der Waals surface area contributed by atoms with Crippen LogP contribution in [0.4, 0.5) is 0 Å². The Hall–Kier alpha value is -2.13. The highest BCUT2D eigenvalue weighted by atomic mass is 16.2. The Balaban J connectivity index is 1.61. The quantitative estimate of drug-likeness (QED) is 0.922. The first-order chi connectivity index (χ1) is 10.7. The van der Waals surface area contributed by atoms with Crippen molar-refractivity contribution in [3.63, 3.8) is 0 Å². The lowest BCUT2D eigenvalue weighted by Crippen LogP contribution is -2.30. The maximum Gasteiger partial charge on any atom is 0.254 e. The van der Waals surface area contributed by atoms with E-state index in [2.05, 4.69) is 41.7 Å². The molecule has 1 amide bonds. The van der Waals surface area contributed by atoms with Crippen LogP contribution in [0.15, 0.2) is 42.5 Å². The van der Waals surface area contributed by atoms with Crippen molar-refractivity contribution in [3.05, 3.63) is 70.3 Å². The standard InChI is InChI=1S/C19H20N2O/c1-21(18-9-8-13-4-2-3-5-17(13)18)19(22)14-6-7-15-11-20-12-16(15)10-14/h2-7,10,18,20H,8-9,11-12H2,1H3. The van der Waals surface area contributed by atoms with Gasteiger partial charge in [-0.1, -0.05) is 30.3 Å². The first-order valence-electron chi connectivity index (χ1n) is 7.91. The Morgan fingerprint density at radius 2 is 1.91 bits per heavy atom. The van der Waals surface area contributed by atoms with Crippen LogP contribution in [0.1, 0.15) is 45.1 Å². The second kappa shape index (κ2) is 5.25. The van der Waals surface area contributed by atoms with Crippen molar-refractivity contribution < 1.29 is 4.79 Å². The van der Waals surface area contributed by atoms with Crippen molar-refractivity contribution >= 4 is 5.91 Å². The number of benzene rings is 2. The SMILES string of the molecule is CN(C(=O)c1ccc2c(c1)CNC2)C1CCc2ccccc21. The third-order valence-electron chi connectivity index (χ3n) is 4.97. The van der Waals surface area contributed by atoms with Gasteiger partial charge in [0.15, 0.2) is 0 Å². The summed E-state index contributed by atoms with van der Waals surface area (Å²) in [4.78, 5) is 14.8. The van der Waals surface area contributed by atoms with Gasteiger partial charge in [0.2, 0.25) is 0 Å². The summed E-state index contributed by atoms with van der Waals surface area (Å²) in [5.41, 5.74) is 6.05. The van der Waals surface area contributed by atoms with Crippen molar-refractivity contribution in [2.24, 2.45) is 0 Å². The lowest BCUT2D eigenvalue weighted by atomic mass is 10.0. The van der Waals surface area contributed by atoms with Gasteiger partial charge in [-0.2, -0.15) is 0 Å². The van der Waals surface area contributed by atoms with Crippen molar-refractivity contribution in [1.82, 2.24) is 10.2 Å². The second-order valence-corrected chi connectivity index (χ2v) is 6.26. The van der Waals surface area contributed by atoms with Gasteiger partial charge in [0, 0.05) is 25.7 Å². The molecule has 1 heterocycles. The Kier molecular flexibility index (Phi) is 3.23. The second-order valence-electron chi connectivity index (χ2n) is 6.26. The molecule has 1 unspecified atom stereocenters. The summed E-state index contributed by atoms with van der Waals surface area (Å²) in [5, 5.41) is 3.33. The molecule has 1 atom stereocenters. The number of hydrogen-bond donors (Lipinski definition) is 1. The smallest absolute Gasteiger partial charge is 0.254 e. The van der Waals surface area contributed by atoms with Gasteiger partial charge in [-0.25, -0.2) is 0 Å². The number of amides is 1. The number of nitrogens with zero attached hydrogens (tertiary/aromatic N) is 1. The molecular formula is C19H20N2O. The predicted molar refractivity (Wildman–Crippen MR) is 86.6 cm³/mol. The predicted octanol–water partition coefficient (Wildman–Crippen LogP) is 3.05. The topological polar surface area (TPSA) is 32.3 Å². The lowest BCUT2D eigenvalue weighted by Gasteiger charge is -2.25. The number of fused-ring (bicyclic) bond motifs is 2. The summed E-state index contributed by atoms with van der Waals surface area (Å²) in [6, 6.07) is 14.8. The summed E-state index contributed by atoms with van der Waals surface area (Å²) < 4.78 is 0. The number of rotatable bonds is 2. The monoisotopic (exact) mass is 292 g/mol. The zero-order chi connectivity index (χ0) is 15.1. The number of carbonyl (C=O) groups is 1. The highest BCUT2D eigenvalue weighted by Gasteiger charge is 2.29. The molecule has 0 bridgehead atoms. The zero-order valence-electron chi connectivity index (χ0n) is 12.8. The van der Waals surface area contributed by atoms with E-state index in [1.54, 1.807) is 0 Å². The van der Waals surface area contributed by atoms with Crippen molar-refractivity contribution in [3.8, 4) is 0 Å². The van der Waals surface area contributed by atoms with E-state index in [9.17, 15) is 4.79 Å². The fourth-order valence-corrected chi connectivity index (χ4v) is 3.71. The minimum absolute atomic E-state index is 0.122. The molecule has 0 saturated carbocycles. The molecule has 0 aromatic heterocycles. The van der Waals surface area contributed by atoms with Gasteiger partial charge in [-0.15, -0.1) is 0 Å². The number of hydrogen-bond acceptors (Lipinski definition) is 2. The first kappa shape index (κ1) is 13.5. The summed E-state index contributed by atoms with van der Waals surface area (Å²) in [6.07, 6.45) is 2.08. The van der Waals surface area contributed by atoms with Gasteiger partial charge >= 0.3 is 0 Å². The molecule has 0 spiro atoms. The molecule has 0 fully saturated rings. The van der Waals surface area contributed by atoms with E-state index in [1.165, 1.54) is 22.3 Å². The van der Waals surface area contributed by atoms with Crippen LogP contribution in [0.25, 0.3) is 0 Å². The van der Waals surface area contributed by atoms with E-state index in [-0.39, 0.29) is 11.9 Å². The summed E-state index contributed by atoms with van der Waals surface area (Å²) in [5.74, 6) is 0.122. The molecule has 22 heavy (non-hydrogen) atoms. The number of carbonyl (C=O) groups excluding carboxylic acids is 1. The highest BCUT2D eigenvalue weighted by molar-refractivity contribution is 5.94. The van der Waals surface area contributed by atoms with Crippen molar-refractivity contribution in [2.75, 3.05) is 7.05 Å². The molecule has 1 aliphatic carbocycles.